The van der Waals surface area contributed by atoms with Gasteiger partial charge in [-0.15, -0.1) is 0 Å². The maximum atomic E-state index is 13.2. The van der Waals surface area contributed by atoms with Crippen LogP contribution < -0.4 is 0 Å². The topological polar surface area (TPSA) is 72.3 Å². The van der Waals surface area contributed by atoms with E-state index in [2.05, 4.69) is 12.0 Å². The second-order valence-electron chi connectivity index (χ2n) is 7.60. The maximum absolute atomic E-state index is 13.2. The molecule has 0 radical (unpaired) electrons. The maximum Gasteiger partial charge on any atom is 0.278 e. The highest BCUT2D eigenvalue weighted by Gasteiger charge is 2.34. The van der Waals surface area contributed by atoms with Gasteiger partial charge in [-0.25, -0.2) is 8.42 Å². The van der Waals surface area contributed by atoms with E-state index in [0.717, 1.165) is 24.0 Å². The molecule has 7 heteroatoms. The summed E-state index contributed by atoms with van der Waals surface area (Å²) < 4.78 is 29.1. The molecule has 2 aromatic rings. The largest absolute Gasteiger partial charge is 0.278 e. The molecule has 1 fully saturated rings. The Hall–Kier alpha value is -1.99. The van der Waals surface area contributed by atoms with Crippen molar-refractivity contribution in [3.63, 3.8) is 0 Å². The fourth-order valence-corrected chi connectivity index (χ4v) is 5.37. The minimum atomic E-state index is -3.66. The Balaban J connectivity index is 1.99. The lowest BCUT2D eigenvalue weighted by Crippen LogP contribution is -2.38. The smallest absolute Gasteiger partial charge is 0.267 e. The molecule has 1 saturated heterocycles. The van der Waals surface area contributed by atoms with Crippen LogP contribution in [0.15, 0.2) is 23.1 Å². The van der Waals surface area contributed by atoms with Crippen LogP contribution in [0.2, 0.25) is 0 Å². The molecular formula is C20H27N3O3S. The van der Waals surface area contributed by atoms with E-state index in [9.17, 15) is 13.2 Å². The first-order chi connectivity index (χ1) is 12.6. The molecule has 1 aromatic heterocycles. The van der Waals surface area contributed by atoms with Crippen LogP contribution in [0.25, 0.3) is 0 Å². The lowest BCUT2D eigenvalue weighted by atomic mass is 10.0. The van der Waals surface area contributed by atoms with Gasteiger partial charge in [-0.2, -0.15) is 14.1 Å². The van der Waals surface area contributed by atoms with Gasteiger partial charge in [-0.1, -0.05) is 13.0 Å². The van der Waals surface area contributed by atoms with E-state index in [1.54, 1.807) is 19.9 Å². The first kappa shape index (κ1) is 19.8. The molecule has 1 aliphatic heterocycles. The first-order valence-corrected chi connectivity index (χ1v) is 10.7. The van der Waals surface area contributed by atoms with Gasteiger partial charge in [-0.05, 0) is 69.7 Å². The van der Waals surface area contributed by atoms with Crippen molar-refractivity contribution in [3.8, 4) is 0 Å². The number of carbonyl (C=O) groups is 1. The predicted octanol–water partition coefficient (Wildman–Crippen LogP) is 3.23. The summed E-state index contributed by atoms with van der Waals surface area (Å²) in [6.45, 7) is 10.4. The van der Waals surface area contributed by atoms with Gasteiger partial charge in [0.15, 0.2) is 0 Å². The zero-order valence-electron chi connectivity index (χ0n) is 16.6. The summed E-state index contributed by atoms with van der Waals surface area (Å²) in [6, 6.07) is 5.45. The van der Waals surface area contributed by atoms with Crippen molar-refractivity contribution in [1.82, 2.24) is 14.1 Å². The van der Waals surface area contributed by atoms with Gasteiger partial charge >= 0.3 is 0 Å². The Kier molecular flexibility index (Phi) is 5.27. The molecule has 1 aromatic carbocycles. The highest BCUT2D eigenvalue weighted by atomic mass is 32.2. The van der Waals surface area contributed by atoms with E-state index in [0.29, 0.717) is 36.0 Å². The summed E-state index contributed by atoms with van der Waals surface area (Å²) in [7, 11) is -3.66. The first-order valence-electron chi connectivity index (χ1n) is 9.31. The molecule has 27 heavy (non-hydrogen) atoms. The molecule has 0 amide bonds. The Morgan fingerprint density at radius 1 is 1.07 bits per heavy atom. The van der Waals surface area contributed by atoms with Crippen molar-refractivity contribution in [3.05, 3.63) is 46.3 Å². The fraction of sp³-hybridized carbons (Fsp3) is 0.500. The third-order valence-electron chi connectivity index (χ3n) is 5.51. The quantitative estimate of drug-likeness (QED) is 0.808. The van der Waals surface area contributed by atoms with Crippen LogP contribution >= 0.6 is 0 Å². The van der Waals surface area contributed by atoms with Crippen molar-refractivity contribution in [2.45, 2.75) is 52.4 Å². The molecule has 0 bridgehead atoms. The lowest BCUT2D eigenvalue weighted by molar-refractivity contribution is 0.0942. The third-order valence-corrected chi connectivity index (χ3v) is 7.66. The molecule has 0 saturated carbocycles. The second-order valence-corrected chi connectivity index (χ2v) is 9.48. The van der Waals surface area contributed by atoms with Crippen LogP contribution in [-0.4, -0.2) is 41.5 Å². The highest BCUT2D eigenvalue weighted by Crippen LogP contribution is 2.28. The Morgan fingerprint density at radius 3 is 2.30 bits per heavy atom. The zero-order valence-corrected chi connectivity index (χ0v) is 17.4. The van der Waals surface area contributed by atoms with E-state index in [1.807, 2.05) is 26.0 Å². The normalized spacial score (nSPS) is 16.6. The van der Waals surface area contributed by atoms with Crippen LogP contribution in [0.1, 0.15) is 52.6 Å². The summed E-state index contributed by atoms with van der Waals surface area (Å²) in [5.74, 6) is 0.222. The average Bonchev–Trinajstić information content (AvgIpc) is 2.92. The molecule has 0 spiro atoms. The number of aromatic nitrogens is 2. The van der Waals surface area contributed by atoms with Gasteiger partial charge in [0, 0.05) is 18.7 Å². The number of aryl methyl sites for hydroxylation is 3. The van der Waals surface area contributed by atoms with Gasteiger partial charge in [0.25, 0.3) is 5.91 Å². The van der Waals surface area contributed by atoms with E-state index in [-0.39, 0.29) is 10.8 Å². The van der Waals surface area contributed by atoms with Crippen molar-refractivity contribution in [2.75, 3.05) is 13.1 Å². The monoisotopic (exact) mass is 389 g/mol. The number of benzene rings is 1. The number of sulfonamides is 1. The molecule has 6 nitrogen and oxygen atoms in total. The van der Waals surface area contributed by atoms with Crippen molar-refractivity contribution in [1.29, 1.82) is 0 Å². The summed E-state index contributed by atoms with van der Waals surface area (Å²) in [4.78, 5) is 13.1. The average molecular weight is 390 g/mol. The fourth-order valence-electron chi connectivity index (χ4n) is 3.55. The zero-order chi connectivity index (χ0) is 19.9. The molecule has 0 unspecified atom stereocenters. The van der Waals surface area contributed by atoms with Crippen LogP contribution in [0, 0.1) is 33.6 Å². The second kappa shape index (κ2) is 7.20. The van der Waals surface area contributed by atoms with Crippen LogP contribution in [0.4, 0.5) is 0 Å². The summed E-state index contributed by atoms with van der Waals surface area (Å²) >= 11 is 0. The molecule has 0 aliphatic carbocycles. The molecule has 146 valence electrons. The van der Waals surface area contributed by atoms with Crippen LogP contribution in [-0.2, 0) is 10.0 Å². The summed E-state index contributed by atoms with van der Waals surface area (Å²) in [5, 5.41) is 4.28. The Morgan fingerprint density at radius 2 is 1.70 bits per heavy atom. The summed E-state index contributed by atoms with van der Waals surface area (Å²) in [6.07, 6.45) is 1.71. The SMILES string of the molecule is Cc1ccc(C(=O)n2nc(C)c(S(=O)(=O)N3CCC(C)CC3)c2C)cc1C. The molecule has 0 N–H and O–H groups in total. The number of nitrogens with zero attached hydrogens (tertiary/aromatic N) is 3. The molecule has 0 atom stereocenters. The lowest BCUT2D eigenvalue weighted by Gasteiger charge is -2.29. The van der Waals surface area contributed by atoms with Gasteiger partial charge < -0.3 is 0 Å². The third kappa shape index (κ3) is 3.58. The van der Waals surface area contributed by atoms with Crippen LogP contribution in [0.3, 0.4) is 0 Å². The van der Waals surface area contributed by atoms with Crippen molar-refractivity contribution >= 4 is 15.9 Å². The Bertz CT molecular complexity index is 984. The van der Waals surface area contributed by atoms with E-state index < -0.39 is 10.0 Å². The van der Waals surface area contributed by atoms with Gasteiger partial charge in [-0.3, -0.25) is 4.79 Å². The minimum absolute atomic E-state index is 0.161. The van der Waals surface area contributed by atoms with Gasteiger partial charge in [0.05, 0.1) is 11.4 Å². The summed E-state index contributed by atoms with van der Waals surface area (Å²) in [5.41, 5.74) is 3.34. The minimum Gasteiger partial charge on any atom is -0.267 e. The highest BCUT2D eigenvalue weighted by molar-refractivity contribution is 7.89. The van der Waals surface area contributed by atoms with Gasteiger partial charge in [0.2, 0.25) is 10.0 Å². The number of hydrogen-bond donors (Lipinski definition) is 0. The molecule has 2 heterocycles. The Labute approximate surface area is 161 Å². The number of hydrogen-bond acceptors (Lipinski definition) is 4. The van der Waals surface area contributed by atoms with E-state index >= 15 is 0 Å². The van der Waals surface area contributed by atoms with Gasteiger partial charge in [0.1, 0.15) is 4.90 Å². The van der Waals surface area contributed by atoms with Crippen molar-refractivity contribution in [2.24, 2.45) is 5.92 Å². The molecule has 3 rings (SSSR count). The molecular weight excluding hydrogens is 362 g/mol. The predicted molar refractivity (Wildman–Crippen MR) is 105 cm³/mol. The van der Waals surface area contributed by atoms with Crippen LogP contribution in [0.5, 0.6) is 0 Å². The standard InChI is InChI=1S/C20H27N3O3S/c1-13-8-10-22(11-9-13)27(25,26)19-16(4)21-23(17(19)5)20(24)18-7-6-14(2)15(3)12-18/h6-7,12-13H,8-11H2,1-5H3. The number of carbonyl (C=O) groups excluding carboxylic acids is 1. The van der Waals surface area contributed by atoms with E-state index in [4.69, 9.17) is 0 Å². The van der Waals surface area contributed by atoms with E-state index in [1.165, 1.54) is 8.99 Å². The number of piperidine rings is 1. The molecule has 1 aliphatic rings. The van der Waals surface area contributed by atoms with Crippen molar-refractivity contribution < 1.29 is 13.2 Å². The number of rotatable bonds is 3.